The molecule has 0 aliphatic rings. The van der Waals surface area contributed by atoms with Gasteiger partial charge < -0.3 is 10.4 Å². The molecule has 0 aliphatic carbocycles. The van der Waals surface area contributed by atoms with Crippen molar-refractivity contribution in [2.75, 3.05) is 6.54 Å². The third kappa shape index (κ3) is 5.10. The fraction of sp³-hybridized carbons (Fsp3) is 0.571. The van der Waals surface area contributed by atoms with Gasteiger partial charge in [0.1, 0.15) is 11.6 Å². The van der Waals surface area contributed by atoms with E-state index >= 15 is 0 Å². The van der Waals surface area contributed by atoms with Crippen LogP contribution in [0.15, 0.2) is 18.2 Å². The first-order chi connectivity index (χ1) is 8.30. The molecule has 2 N–H and O–H groups in total. The van der Waals surface area contributed by atoms with Crippen molar-refractivity contribution in [2.45, 2.75) is 45.3 Å². The minimum absolute atomic E-state index is 0.108. The van der Waals surface area contributed by atoms with E-state index in [1.54, 1.807) is 6.92 Å². The number of hydrogen-bond donors (Lipinski definition) is 2. The van der Waals surface area contributed by atoms with Gasteiger partial charge in [-0.15, -0.1) is 0 Å². The maximum atomic E-state index is 13.5. The molecule has 0 saturated carbocycles. The topological polar surface area (TPSA) is 32.3 Å². The van der Waals surface area contributed by atoms with Crippen LogP contribution in [0.5, 0.6) is 0 Å². The summed E-state index contributed by atoms with van der Waals surface area (Å²) in [5.41, 5.74) is -0.833. The van der Waals surface area contributed by atoms with Crippen LogP contribution in [0, 0.1) is 11.6 Å². The maximum absolute atomic E-state index is 13.5. The van der Waals surface area contributed by atoms with E-state index in [9.17, 15) is 13.9 Å². The van der Waals surface area contributed by atoms with E-state index in [0.717, 1.165) is 18.2 Å². The molecular formula is C14H21F2NO. The second kappa shape index (κ2) is 6.25. The van der Waals surface area contributed by atoms with Crippen molar-refractivity contribution < 1.29 is 13.9 Å². The zero-order valence-electron chi connectivity index (χ0n) is 11.1. The molecule has 1 rings (SSSR count). The van der Waals surface area contributed by atoms with Crippen LogP contribution in [0.2, 0.25) is 0 Å². The zero-order chi connectivity index (χ0) is 13.8. The smallest absolute Gasteiger partial charge is 0.126 e. The lowest BCUT2D eigenvalue weighted by molar-refractivity contribution is 0.0501. The number of halogens is 2. The van der Waals surface area contributed by atoms with Gasteiger partial charge in [0.25, 0.3) is 0 Å². The van der Waals surface area contributed by atoms with Crippen LogP contribution in [-0.2, 0) is 6.42 Å². The first-order valence-corrected chi connectivity index (χ1v) is 6.20. The highest BCUT2D eigenvalue weighted by Crippen LogP contribution is 2.19. The summed E-state index contributed by atoms with van der Waals surface area (Å²) in [5, 5.41) is 13.4. The third-order valence-electron chi connectivity index (χ3n) is 2.80. The molecule has 0 radical (unpaired) electrons. The lowest BCUT2D eigenvalue weighted by Gasteiger charge is -2.24. The van der Waals surface area contributed by atoms with Crippen molar-refractivity contribution in [2.24, 2.45) is 0 Å². The molecule has 0 aromatic heterocycles. The Kier molecular flexibility index (Phi) is 5.23. The second-order valence-electron chi connectivity index (χ2n) is 5.27. The molecule has 0 amide bonds. The Balaban J connectivity index is 2.61. The van der Waals surface area contributed by atoms with Crippen molar-refractivity contribution in [3.05, 3.63) is 35.4 Å². The Morgan fingerprint density at radius 1 is 1.33 bits per heavy atom. The second-order valence-corrected chi connectivity index (χ2v) is 5.27. The molecule has 0 saturated heterocycles. The van der Waals surface area contributed by atoms with Crippen LogP contribution in [0.25, 0.3) is 0 Å². The molecule has 0 bridgehead atoms. The molecular weight excluding hydrogens is 236 g/mol. The van der Waals surface area contributed by atoms with Gasteiger partial charge in [0, 0.05) is 12.5 Å². The van der Waals surface area contributed by atoms with Gasteiger partial charge in [-0.05, 0) is 43.7 Å². The molecule has 4 heteroatoms. The third-order valence-corrected chi connectivity index (χ3v) is 2.80. The average molecular weight is 257 g/mol. The summed E-state index contributed by atoms with van der Waals surface area (Å²) in [6, 6.07) is 3.65. The monoisotopic (exact) mass is 257 g/mol. The number of aliphatic hydroxyl groups is 1. The first-order valence-electron chi connectivity index (χ1n) is 6.20. The van der Waals surface area contributed by atoms with Crippen molar-refractivity contribution in [3.8, 4) is 0 Å². The van der Waals surface area contributed by atoms with Crippen molar-refractivity contribution >= 4 is 0 Å². The molecule has 0 fully saturated rings. The number of nitrogens with one attached hydrogen (secondary N) is 1. The van der Waals surface area contributed by atoms with Crippen LogP contribution in [0.1, 0.15) is 32.8 Å². The van der Waals surface area contributed by atoms with Crippen molar-refractivity contribution in [1.29, 1.82) is 0 Å². The van der Waals surface area contributed by atoms with Crippen LogP contribution in [-0.4, -0.2) is 23.3 Å². The average Bonchev–Trinajstić information content (AvgIpc) is 2.22. The van der Waals surface area contributed by atoms with E-state index in [-0.39, 0.29) is 12.0 Å². The lowest BCUT2D eigenvalue weighted by atomic mass is 9.93. The predicted molar refractivity (Wildman–Crippen MR) is 68.4 cm³/mol. The van der Waals surface area contributed by atoms with Crippen LogP contribution in [0.3, 0.4) is 0 Å². The normalized spacial score (nSPS) is 14.8. The number of benzene rings is 1. The van der Waals surface area contributed by atoms with E-state index in [4.69, 9.17) is 0 Å². The first kappa shape index (κ1) is 15.1. The molecule has 102 valence electrons. The Bertz CT molecular complexity index is 391. The van der Waals surface area contributed by atoms with Crippen molar-refractivity contribution in [1.82, 2.24) is 5.32 Å². The summed E-state index contributed by atoms with van der Waals surface area (Å²) in [4.78, 5) is 0. The maximum Gasteiger partial charge on any atom is 0.126 e. The molecule has 0 aliphatic heterocycles. The van der Waals surface area contributed by atoms with Gasteiger partial charge in [-0.25, -0.2) is 8.78 Å². The summed E-state index contributed by atoms with van der Waals surface area (Å²) >= 11 is 0. The summed E-state index contributed by atoms with van der Waals surface area (Å²) in [6.45, 7) is 6.31. The molecule has 0 spiro atoms. The quantitative estimate of drug-likeness (QED) is 0.821. The Hall–Kier alpha value is -1.00. The highest BCUT2D eigenvalue weighted by Gasteiger charge is 2.22. The molecule has 18 heavy (non-hydrogen) atoms. The van der Waals surface area contributed by atoms with E-state index in [1.807, 2.05) is 13.8 Å². The van der Waals surface area contributed by atoms with Gasteiger partial charge in [-0.1, -0.05) is 13.8 Å². The van der Waals surface area contributed by atoms with E-state index in [0.29, 0.717) is 19.0 Å². The Morgan fingerprint density at radius 3 is 2.61 bits per heavy atom. The molecule has 1 unspecified atom stereocenters. The highest BCUT2D eigenvalue weighted by molar-refractivity contribution is 5.20. The summed E-state index contributed by atoms with van der Waals surface area (Å²) < 4.78 is 26.5. The van der Waals surface area contributed by atoms with Gasteiger partial charge in [0.15, 0.2) is 0 Å². The SMILES string of the molecule is CC(C)NCCC(C)(O)Cc1cc(F)ccc1F. The van der Waals surface area contributed by atoms with E-state index < -0.39 is 17.2 Å². The number of hydrogen-bond acceptors (Lipinski definition) is 2. The molecule has 2 nitrogen and oxygen atoms in total. The summed E-state index contributed by atoms with van der Waals surface area (Å²) in [6.07, 6.45) is 0.595. The minimum atomic E-state index is -1.05. The predicted octanol–water partition coefficient (Wildman–Crippen LogP) is 2.65. The standard InChI is InChI=1S/C14H21F2NO/c1-10(2)17-7-6-14(3,18)9-11-8-12(15)4-5-13(11)16/h4-5,8,10,17-18H,6-7,9H2,1-3H3. The van der Waals surface area contributed by atoms with Gasteiger partial charge in [-0.2, -0.15) is 0 Å². The molecule has 1 aromatic carbocycles. The minimum Gasteiger partial charge on any atom is -0.390 e. The van der Waals surface area contributed by atoms with Gasteiger partial charge >= 0.3 is 0 Å². The molecule has 1 aromatic rings. The highest BCUT2D eigenvalue weighted by atomic mass is 19.1. The summed E-state index contributed by atoms with van der Waals surface area (Å²) in [5.74, 6) is -0.962. The van der Waals surface area contributed by atoms with Crippen LogP contribution >= 0.6 is 0 Å². The fourth-order valence-corrected chi connectivity index (χ4v) is 1.81. The zero-order valence-corrected chi connectivity index (χ0v) is 11.1. The number of rotatable bonds is 6. The van der Waals surface area contributed by atoms with Crippen LogP contribution < -0.4 is 5.32 Å². The summed E-state index contributed by atoms with van der Waals surface area (Å²) in [7, 11) is 0. The van der Waals surface area contributed by atoms with Gasteiger partial charge in [0.05, 0.1) is 5.60 Å². The Labute approximate surface area is 107 Å². The van der Waals surface area contributed by atoms with Gasteiger partial charge in [0.2, 0.25) is 0 Å². The van der Waals surface area contributed by atoms with Crippen molar-refractivity contribution in [3.63, 3.8) is 0 Å². The van der Waals surface area contributed by atoms with Gasteiger partial charge in [-0.3, -0.25) is 0 Å². The molecule has 0 heterocycles. The fourth-order valence-electron chi connectivity index (χ4n) is 1.81. The Morgan fingerprint density at radius 2 is 2.00 bits per heavy atom. The molecule has 1 atom stereocenters. The van der Waals surface area contributed by atoms with E-state index in [1.165, 1.54) is 0 Å². The van der Waals surface area contributed by atoms with E-state index in [2.05, 4.69) is 5.32 Å². The largest absolute Gasteiger partial charge is 0.390 e. The van der Waals surface area contributed by atoms with Crippen LogP contribution in [0.4, 0.5) is 8.78 Å². The lowest BCUT2D eigenvalue weighted by Crippen LogP contribution is -2.34.